The number of rotatable bonds is 5. The molecule has 142 valence electrons. The van der Waals surface area contributed by atoms with Crippen molar-refractivity contribution in [2.45, 2.75) is 25.3 Å². The minimum atomic E-state index is -0.704. The maximum Gasteiger partial charge on any atom is 0.261 e. The third-order valence-electron chi connectivity index (χ3n) is 5.22. The van der Waals surface area contributed by atoms with Crippen LogP contribution in [-0.4, -0.2) is 41.1 Å². The monoisotopic (exact) mass is 377 g/mol. The summed E-state index contributed by atoms with van der Waals surface area (Å²) in [6.45, 7) is 0.148. The van der Waals surface area contributed by atoms with Gasteiger partial charge in [-0.05, 0) is 30.2 Å². The maximum atomic E-state index is 12.8. The molecule has 4 rings (SSSR count). The molecular formula is C21H19N3O4. The average molecular weight is 377 g/mol. The Morgan fingerprint density at radius 1 is 0.964 bits per heavy atom. The van der Waals surface area contributed by atoms with Gasteiger partial charge in [0.2, 0.25) is 11.8 Å². The van der Waals surface area contributed by atoms with Gasteiger partial charge in [-0.25, -0.2) is 0 Å². The minimum absolute atomic E-state index is 0.103. The second-order valence-electron chi connectivity index (χ2n) is 6.93. The number of amides is 4. The fourth-order valence-corrected chi connectivity index (χ4v) is 3.87. The fourth-order valence-electron chi connectivity index (χ4n) is 3.87. The summed E-state index contributed by atoms with van der Waals surface area (Å²) in [4.78, 5) is 52.0. The van der Waals surface area contributed by atoms with Crippen molar-refractivity contribution < 1.29 is 19.2 Å². The standard InChI is InChI=1S/C21H19N3O4/c22-19(26)17-12-13-6-1-4-9-16(13)24(17)18(25)10-5-11-23-20(27)14-7-2-3-8-15(14)21(23)28/h1-4,6-9,17H,5,10-12H2,(H2,22,26)/t17-/m1/s1. The van der Waals surface area contributed by atoms with Gasteiger partial charge in [0.15, 0.2) is 0 Å². The van der Waals surface area contributed by atoms with Crippen molar-refractivity contribution in [2.24, 2.45) is 5.73 Å². The van der Waals surface area contributed by atoms with Crippen LogP contribution >= 0.6 is 0 Å². The molecule has 0 saturated heterocycles. The molecule has 7 nitrogen and oxygen atoms in total. The predicted molar refractivity (Wildman–Crippen MR) is 102 cm³/mol. The topological polar surface area (TPSA) is 101 Å². The lowest BCUT2D eigenvalue weighted by molar-refractivity contribution is -0.124. The van der Waals surface area contributed by atoms with Gasteiger partial charge in [-0.2, -0.15) is 0 Å². The van der Waals surface area contributed by atoms with E-state index in [1.54, 1.807) is 36.4 Å². The molecule has 0 aromatic heterocycles. The molecule has 0 radical (unpaired) electrons. The Balaban J connectivity index is 1.43. The number of fused-ring (bicyclic) bond motifs is 2. The normalized spacial score (nSPS) is 17.6. The first-order valence-electron chi connectivity index (χ1n) is 9.13. The summed E-state index contributed by atoms with van der Waals surface area (Å²) in [5.41, 5.74) is 7.86. The van der Waals surface area contributed by atoms with Crippen LogP contribution in [0.2, 0.25) is 0 Å². The van der Waals surface area contributed by atoms with Crippen molar-refractivity contribution in [3.63, 3.8) is 0 Å². The number of primary amides is 1. The third-order valence-corrected chi connectivity index (χ3v) is 5.22. The van der Waals surface area contributed by atoms with E-state index >= 15 is 0 Å². The molecule has 2 aliphatic rings. The van der Waals surface area contributed by atoms with Crippen molar-refractivity contribution in [1.29, 1.82) is 0 Å². The molecule has 0 saturated carbocycles. The first-order valence-corrected chi connectivity index (χ1v) is 9.13. The van der Waals surface area contributed by atoms with Crippen LogP contribution in [0.5, 0.6) is 0 Å². The summed E-state index contributed by atoms with van der Waals surface area (Å²) in [5.74, 6) is -1.47. The van der Waals surface area contributed by atoms with Crippen LogP contribution in [-0.2, 0) is 16.0 Å². The highest BCUT2D eigenvalue weighted by molar-refractivity contribution is 6.21. The maximum absolute atomic E-state index is 12.8. The second kappa shape index (κ2) is 6.92. The van der Waals surface area contributed by atoms with E-state index in [4.69, 9.17) is 5.73 Å². The third kappa shape index (κ3) is 2.85. The Bertz CT molecular complexity index is 966. The Kier molecular flexibility index (Phi) is 4.43. The van der Waals surface area contributed by atoms with Crippen LogP contribution in [0.4, 0.5) is 5.69 Å². The van der Waals surface area contributed by atoms with Gasteiger partial charge in [0.05, 0.1) is 11.1 Å². The number of anilines is 1. The van der Waals surface area contributed by atoms with E-state index in [0.717, 1.165) is 5.56 Å². The lowest BCUT2D eigenvalue weighted by Crippen LogP contribution is -2.46. The van der Waals surface area contributed by atoms with Gasteiger partial charge in [-0.15, -0.1) is 0 Å². The summed E-state index contributed by atoms with van der Waals surface area (Å²) >= 11 is 0. The number of nitrogens with zero attached hydrogens (tertiary/aromatic N) is 2. The van der Waals surface area contributed by atoms with Crippen molar-refractivity contribution in [1.82, 2.24) is 4.90 Å². The number of hydrogen-bond acceptors (Lipinski definition) is 4. The first kappa shape index (κ1) is 17.9. The molecule has 0 spiro atoms. The summed E-state index contributed by atoms with van der Waals surface area (Å²) in [6.07, 6.45) is 0.815. The molecule has 0 fully saturated rings. The quantitative estimate of drug-likeness (QED) is 0.798. The highest BCUT2D eigenvalue weighted by Crippen LogP contribution is 2.32. The number of imide groups is 1. The van der Waals surface area contributed by atoms with E-state index in [9.17, 15) is 19.2 Å². The van der Waals surface area contributed by atoms with Crippen LogP contribution in [0.1, 0.15) is 39.1 Å². The van der Waals surface area contributed by atoms with Gasteiger partial charge in [0.1, 0.15) is 6.04 Å². The van der Waals surface area contributed by atoms with Crippen LogP contribution in [0.25, 0.3) is 0 Å². The molecule has 2 heterocycles. The Morgan fingerprint density at radius 3 is 2.21 bits per heavy atom. The molecule has 7 heteroatoms. The molecule has 28 heavy (non-hydrogen) atoms. The molecule has 2 aromatic rings. The highest BCUT2D eigenvalue weighted by atomic mass is 16.2. The van der Waals surface area contributed by atoms with E-state index in [1.165, 1.54) is 9.80 Å². The number of hydrogen-bond donors (Lipinski definition) is 1. The molecule has 0 unspecified atom stereocenters. The molecule has 4 amide bonds. The Hall–Kier alpha value is -3.48. The average Bonchev–Trinajstić information content (AvgIpc) is 3.20. The van der Waals surface area contributed by atoms with Gasteiger partial charge < -0.3 is 5.73 Å². The zero-order valence-corrected chi connectivity index (χ0v) is 15.1. The van der Waals surface area contributed by atoms with Crippen LogP contribution < -0.4 is 10.6 Å². The summed E-state index contributed by atoms with van der Waals surface area (Å²) in [5, 5.41) is 0. The minimum Gasteiger partial charge on any atom is -0.368 e. The summed E-state index contributed by atoms with van der Waals surface area (Å²) in [7, 11) is 0. The van der Waals surface area contributed by atoms with Gasteiger partial charge in [0.25, 0.3) is 11.8 Å². The van der Waals surface area contributed by atoms with Crippen LogP contribution in [0.3, 0.4) is 0 Å². The Labute approximate surface area is 161 Å². The van der Waals surface area contributed by atoms with Crippen molar-refractivity contribution >= 4 is 29.3 Å². The van der Waals surface area contributed by atoms with Gasteiger partial charge in [-0.1, -0.05) is 30.3 Å². The van der Waals surface area contributed by atoms with E-state index in [0.29, 0.717) is 29.7 Å². The highest BCUT2D eigenvalue weighted by Gasteiger charge is 2.38. The molecule has 0 aliphatic carbocycles. The van der Waals surface area contributed by atoms with E-state index in [1.807, 2.05) is 12.1 Å². The first-order chi connectivity index (χ1) is 13.5. The van der Waals surface area contributed by atoms with Gasteiger partial charge in [0, 0.05) is 25.1 Å². The number of nitrogens with two attached hydrogens (primary N) is 1. The SMILES string of the molecule is NC(=O)[C@H]1Cc2ccccc2N1C(=O)CCCN1C(=O)c2ccccc2C1=O. The predicted octanol–water partition coefficient (Wildman–Crippen LogP) is 1.51. The number of para-hydroxylation sites is 1. The van der Waals surface area contributed by atoms with Gasteiger partial charge >= 0.3 is 0 Å². The summed E-state index contributed by atoms with van der Waals surface area (Å²) < 4.78 is 0. The van der Waals surface area contributed by atoms with Crippen LogP contribution in [0.15, 0.2) is 48.5 Å². The fraction of sp³-hybridized carbons (Fsp3) is 0.238. The van der Waals surface area contributed by atoms with Gasteiger partial charge in [-0.3, -0.25) is 29.0 Å². The molecule has 2 aliphatic heterocycles. The smallest absolute Gasteiger partial charge is 0.261 e. The molecule has 2 N–H and O–H groups in total. The number of carbonyl (C=O) groups excluding carboxylic acids is 4. The van der Waals surface area contributed by atoms with Crippen LogP contribution in [0, 0.1) is 0 Å². The van der Waals surface area contributed by atoms with E-state index in [2.05, 4.69) is 0 Å². The van der Waals surface area contributed by atoms with Crippen molar-refractivity contribution in [3.8, 4) is 0 Å². The summed E-state index contributed by atoms with van der Waals surface area (Å²) in [6, 6.07) is 13.3. The number of carbonyl (C=O) groups is 4. The van der Waals surface area contributed by atoms with E-state index in [-0.39, 0.29) is 30.7 Å². The lowest BCUT2D eigenvalue weighted by atomic mass is 10.1. The molecule has 2 aromatic carbocycles. The zero-order chi connectivity index (χ0) is 19.8. The molecule has 1 atom stereocenters. The number of benzene rings is 2. The second-order valence-corrected chi connectivity index (χ2v) is 6.93. The largest absolute Gasteiger partial charge is 0.368 e. The lowest BCUT2D eigenvalue weighted by Gasteiger charge is -2.23. The van der Waals surface area contributed by atoms with E-state index < -0.39 is 11.9 Å². The van der Waals surface area contributed by atoms with Crippen molar-refractivity contribution in [2.75, 3.05) is 11.4 Å². The zero-order valence-electron chi connectivity index (χ0n) is 15.1. The molecular weight excluding hydrogens is 358 g/mol. The molecule has 0 bridgehead atoms. The van der Waals surface area contributed by atoms with Crippen molar-refractivity contribution in [3.05, 3.63) is 65.2 Å². The Morgan fingerprint density at radius 2 is 1.57 bits per heavy atom.